The molecule has 4 heteroatoms. The second kappa shape index (κ2) is 9.32. The van der Waals surface area contributed by atoms with Crippen molar-refractivity contribution >= 4 is 11.5 Å². The number of carbonyl (C=O) groups excluding carboxylic acids is 1. The molecular weight excluding hydrogens is 266 g/mol. The fourth-order valence-corrected chi connectivity index (χ4v) is 2.01. The predicted octanol–water partition coefficient (Wildman–Crippen LogP) is 2.98. The maximum absolute atomic E-state index is 11.1. The molecule has 0 unspecified atom stereocenters. The lowest BCUT2D eigenvalue weighted by molar-refractivity contribution is -0.131. The van der Waals surface area contributed by atoms with E-state index in [1.807, 2.05) is 18.2 Å². The summed E-state index contributed by atoms with van der Waals surface area (Å²) in [6.45, 7) is 13.7. The fraction of sp³-hybridized carbons (Fsp3) is 0.471. The zero-order valence-corrected chi connectivity index (χ0v) is 13.2. The summed E-state index contributed by atoms with van der Waals surface area (Å²) in [5.74, 6) is 0.194. The van der Waals surface area contributed by atoms with Gasteiger partial charge >= 0.3 is 5.97 Å². The highest BCUT2D eigenvalue weighted by Gasteiger charge is 2.09. The van der Waals surface area contributed by atoms with Crippen LogP contribution in [0.3, 0.4) is 0 Å². The van der Waals surface area contributed by atoms with Crippen LogP contribution in [0.25, 0.3) is 5.57 Å². The van der Waals surface area contributed by atoms with Crippen molar-refractivity contribution in [1.82, 2.24) is 4.90 Å². The second-order valence-electron chi connectivity index (χ2n) is 4.77. The fourth-order valence-electron chi connectivity index (χ4n) is 2.01. The molecule has 0 atom stereocenters. The van der Waals surface area contributed by atoms with Gasteiger partial charge in [0.05, 0.1) is 13.2 Å². The predicted molar refractivity (Wildman–Crippen MR) is 85.4 cm³/mol. The Kier molecular flexibility index (Phi) is 7.72. The maximum Gasteiger partial charge on any atom is 0.308 e. The Labute approximate surface area is 127 Å². The van der Waals surface area contributed by atoms with Crippen molar-refractivity contribution in [2.75, 3.05) is 32.8 Å². The van der Waals surface area contributed by atoms with E-state index in [2.05, 4.69) is 25.3 Å². The van der Waals surface area contributed by atoms with E-state index in [9.17, 15) is 4.79 Å². The largest absolute Gasteiger partial charge is 0.426 e. The van der Waals surface area contributed by atoms with Gasteiger partial charge in [-0.15, -0.1) is 0 Å². The van der Waals surface area contributed by atoms with Crippen LogP contribution in [0.15, 0.2) is 30.8 Å². The van der Waals surface area contributed by atoms with E-state index in [1.165, 1.54) is 6.92 Å². The van der Waals surface area contributed by atoms with Crippen LogP contribution in [-0.2, 0) is 9.53 Å². The second-order valence-corrected chi connectivity index (χ2v) is 4.77. The molecule has 1 rings (SSSR count). The smallest absolute Gasteiger partial charge is 0.308 e. The minimum Gasteiger partial charge on any atom is -0.426 e. The standard InChI is InChI=1S/C17H25NO3/c1-5-18(6-2)11-12-20-13-14(3)16-9-7-8-10-17(16)21-15(4)19/h7-10H,3,5-6,11-13H2,1-2,4H3. The van der Waals surface area contributed by atoms with Crippen molar-refractivity contribution in [3.63, 3.8) is 0 Å². The maximum atomic E-state index is 11.1. The summed E-state index contributed by atoms with van der Waals surface area (Å²) in [4.78, 5) is 13.4. The minimum atomic E-state index is -0.335. The number of esters is 1. The van der Waals surface area contributed by atoms with Crippen LogP contribution in [0, 0.1) is 0 Å². The summed E-state index contributed by atoms with van der Waals surface area (Å²) in [7, 11) is 0. The molecular formula is C17H25NO3. The molecule has 0 spiro atoms. The first kappa shape index (κ1) is 17.4. The Balaban J connectivity index is 2.50. The molecule has 0 fully saturated rings. The molecule has 1 aromatic rings. The van der Waals surface area contributed by atoms with Gasteiger partial charge in [-0.05, 0) is 24.7 Å². The Bertz CT molecular complexity index is 467. The van der Waals surface area contributed by atoms with Gasteiger partial charge in [0, 0.05) is 19.0 Å². The third kappa shape index (κ3) is 6.10. The number of ether oxygens (including phenoxy) is 2. The Morgan fingerprint density at radius 1 is 1.24 bits per heavy atom. The number of rotatable bonds is 9. The van der Waals surface area contributed by atoms with Crippen molar-refractivity contribution in [1.29, 1.82) is 0 Å². The van der Waals surface area contributed by atoms with Crippen molar-refractivity contribution < 1.29 is 14.3 Å². The molecule has 0 heterocycles. The number of likely N-dealkylation sites (N-methyl/N-ethyl adjacent to an activating group) is 1. The number of nitrogens with zero attached hydrogens (tertiary/aromatic N) is 1. The first-order valence-electron chi connectivity index (χ1n) is 7.34. The number of benzene rings is 1. The molecule has 4 nitrogen and oxygen atoms in total. The highest BCUT2D eigenvalue weighted by atomic mass is 16.5. The average molecular weight is 291 g/mol. The van der Waals surface area contributed by atoms with Crippen LogP contribution in [0.4, 0.5) is 0 Å². The molecule has 0 saturated heterocycles. The van der Waals surface area contributed by atoms with Crippen LogP contribution in [0.5, 0.6) is 5.75 Å². The van der Waals surface area contributed by atoms with Crippen LogP contribution >= 0.6 is 0 Å². The highest BCUT2D eigenvalue weighted by molar-refractivity contribution is 5.75. The average Bonchev–Trinajstić information content (AvgIpc) is 2.47. The van der Waals surface area contributed by atoms with E-state index in [-0.39, 0.29) is 5.97 Å². The minimum absolute atomic E-state index is 0.335. The van der Waals surface area contributed by atoms with Crippen molar-refractivity contribution in [3.05, 3.63) is 36.4 Å². The number of para-hydroxylation sites is 1. The van der Waals surface area contributed by atoms with E-state index < -0.39 is 0 Å². The molecule has 21 heavy (non-hydrogen) atoms. The summed E-state index contributed by atoms with van der Waals surface area (Å²) in [5, 5.41) is 0. The molecule has 0 N–H and O–H groups in total. The van der Waals surface area contributed by atoms with Gasteiger partial charge in [0.1, 0.15) is 5.75 Å². The van der Waals surface area contributed by atoms with Gasteiger partial charge in [0.25, 0.3) is 0 Å². The molecule has 0 aliphatic rings. The number of carbonyl (C=O) groups is 1. The monoisotopic (exact) mass is 291 g/mol. The lowest BCUT2D eigenvalue weighted by atomic mass is 10.1. The van der Waals surface area contributed by atoms with Crippen molar-refractivity contribution in [3.8, 4) is 5.75 Å². The summed E-state index contributed by atoms with van der Waals surface area (Å²) in [5.41, 5.74) is 1.63. The first-order valence-corrected chi connectivity index (χ1v) is 7.34. The van der Waals surface area contributed by atoms with Crippen LogP contribution in [0.1, 0.15) is 26.3 Å². The molecule has 0 bridgehead atoms. The van der Waals surface area contributed by atoms with Crippen LogP contribution in [0.2, 0.25) is 0 Å². The molecule has 0 aliphatic carbocycles. The number of hydrogen-bond acceptors (Lipinski definition) is 4. The van der Waals surface area contributed by atoms with Gasteiger partial charge in [-0.2, -0.15) is 0 Å². The zero-order chi connectivity index (χ0) is 15.7. The first-order chi connectivity index (χ1) is 10.1. The Morgan fingerprint density at radius 3 is 2.52 bits per heavy atom. The Morgan fingerprint density at radius 2 is 1.90 bits per heavy atom. The van der Waals surface area contributed by atoms with E-state index in [1.54, 1.807) is 6.07 Å². The molecule has 0 radical (unpaired) electrons. The molecule has 0 amide bonds. The SMILES string of the molecule is C=C(COCCN(CC)CC)c1ccccc1OC(C)=O. The van der Waals surface area contributed by atoms with Gasteiger partial charge in [-0.3, -0.25) is 4.79 Å². The van der Waals surface area contributed by atoms with Crippen LogP contribution in [-0.4, -0.2) is 43.7 Å². The van der Waals surface area contributed by atoms with Gasteiger partial charge in [-0.25, -0.2) is 0 Å². The van der Waals surface area contributed by atoms with Gasteiger partial charge in [-0.1, -0.05) is 38.6 Å². The van der Waals surface area contributed by atoms with Gasteiger partial charge in [0.2, 0.25) is 0 Å². The summed E-state index contributed by atoms with van der Waals surface area (Å²) in [6, 6.07) is 7.37. The molecule has 0 aromatic heterocycles. The van der Waals surface area contributed by atoms with E-state index in [4.69, 9.17) is 9.47 Å². The van der Waals surface area contributed by atoms with Gasteiger partial charge < -0.3 is 14.4 Å². The molecule has 0 aliphatic heterocycles. The molecule has 1 aromatic carbocycles. The van der Waals surface area contributed by atoms with E-state index >= 15 is 0 Å². The highest BCUT2D eigenvalue weighted by Crippen LogP contribution is 2.25. The van der Waals surface area contributed by atoms with E-state index in [0.29, 0.717) is 19.0 Å². The number of hydrogen-bond donors (Lipinski definition) is 0. The lowest BCUT2D eigenvalue weighted by Gasteiger charge is -2.18. The summed E-state index contributed by atoms with van der Waals surface area (Å²) < 4.78 is 10.8. The quantitative estimate of drug-likeness (QED) is 0.398. The zero-order valence-electron chi connectivity index (χ0n) is 13.2. The molecule has 116 valence electrons. The van der Waals surface area contributed by atoms with Crippen molar-refractivity contribution in [2.45, 2.75) is 20.8 Å². The van der Waals surface area contributed by atoms with Crippen LogP contribution < -0.4 is 4.74 Å². The summed E-state index contributed by atoms with van der Waals surface area (Å²) in [6.07, 6.45) is 0. The Hall–Kier alpha value is -1.65. The normalized spacial score (nSPS) is 10.7. The third-order valence-corrected chi connectivity index (χ3v) is 3.24. The molecule has 0 saturated carbocycles. The topological polar surface area (TPSA) is 38.8 Å². The van der Waals surface area contributed by atoms with Crippen molar-refractivity contribution in [2.24, 2.45) is 0 Å². The van der Waals surface area contributed by atoms with Gasteiger partial charge in [0.15, 0.2) is 0 Å². The van der Waals surface area contributed by atoms with E-state index in [0.717, 1.165) is 30.8 Å². The lowest BCUT2D eigenvalue weighted by Crippen LogP contribution is -2.27. The third-order valence-electron chi connectivity index (χ3n) is 3.24. The summed E-state index contributed by atoms with van der Waals surface area (Å²) >= 11 is 0.